The zero-order valence-corrected chi connectivity index (χ0v) is 10.8. The number of urea groups is 1. The summed E-state index contributed by atoms with van der Waals surface area (Å²) in [6, 6.07) is 7.03. The molecule has 2 N–H and O–H groups in total. The highest BCUT2D eigenvalue weighted by atomic mass is 16.5. The summed E-state index contributed by atoms with van der Waals surface area (Å²) in [5, 5.41) is 5.68. The van der Waals surface area contributed by atoms with Crippen molar-refractivity contribution in [2.45, 2.75) is 32.7 Å². The van der Waals surface area contributed by atoms with Crippen LogP contribution in [0, 0.1) is 0 Å². The summed E-state index contributed by atoms with van der Waals surface area (Å²) in [6.07, 6.45) is 0.878. The molecule has 0 saturated heterocycles. The van der Waals surface area contributed by atoms with Gasteiger partial charge in [-0.2, -0.15) is 0 Å². The molecule has 94 valence electrons. The molecule has 0 heterocycles. The van der Waals surface area contributed by atoms with Crippen molar-refractivity contribution >= 4 is 11.7 Å². The molecule has 0 aliphatic heterocycles. The molecule has 0 radical (unpaired) electrons. The smallest absolute Gasteiger partial charge is 0.319 e. The van der Waals surface area contributed by atoms with E-state index in [2.05, 4.69) is 10.6 Å². The maximum Gasteiger partial charge on any atom is 0.319 e. The number of amides is 2. The van der Waals surface area contributed by atoms with Gasteiger partial charge in [-0.15, -0.1) is 0 Å². The van der Waals surface area contributed by atoms with E-state index < -0.39 is 0 Å². The average Bonchev–Trinajstić information content (AvgIpc) is 2.29. The zero-order chi connectivity index (χ0) is 12.9. The van der Waals surface area contributed by atoms with Crippen molar-refractivity contribution in [3.05, 3.63) is 24.3 Å². The number of nitrogens with one attached hydrogen (secondary N) is 2. The van der Waals surface area contributed by atoms with Crippen LogP contribution < -0.4 is 15.4 Å². The van der Waals surface area contributed by atoms with Gasteiger partial charge in [0.25, 0.3) is 0 Å². The first-order valence-corrected chi connectivity index (χ1v) is 5.70. The van der Waals surface area contributed by atoms with Gasteiger partial charge < -0.3 is 15.4 Å². The van der Waals surface area contributed by atoms with Crippen molar-refractivity contribution in [3.63, 3.8) is 0 Å². The van der Waals surface area contributed by atoms with Crippen LogP contribution >= 0.6 is 0 Å². The molecule has 4 heteroatoms. The molecule has 0 aromatic heterocycles. The van der Waals surface area contributed by atoms with Crippen molar-refractivity contribution in [1.82, 2.24) is 5.32 Å². The van der Waals surface area contributed by atoms with E-state index in [0.29, 0.717) is 0 Å². The molecule has 0 unspecified atom stereocenters. The number of anilines is 1. The maximum absolute atomic E-state index is 11.7. The molecule has 0 aliphatic carbocycles. The Hall–Kier alpha value is -1.71. The molecule has 0 saturated carbocycles. The number of hydrogen-bond donors (Lipinski definition) is 2. The number of carbonyl (C=O) groups is 1. The Bertz CT molecular complexity index is 372. The molecule has 1 aromatic rings. The lowest BCUT2D eigenvalue weighted by atomic mass is 10.0. The fourth-order valence-electron chi connectivity index (χ4n) is 1.23. The van der Waals surface area contributed by atoms with Crippen molar-refractivity contribution in [2.24, 2.45) is 0 Å². The first kappa shape index (κ1) is 13.4. The molecule has 0 bridgehead atoms. The first-order chi connectivity index (χ1) is 7.96. The van der Waals surface area contributed by atoms with Crippen LogP contribution in [-0.4, -0.2) is 18.7 Å². The molecule has 1 aromatic carbocycles. The van der Waals surface area contributed by atoms with Crippen LogP contribution in [0.3, 0.4) is 0 Å². The Morgan fingerprint density at radius 3 is 2.35 bits per heavy atom. The molecule has 0 spiro atoms. The van der Waals surface area contributed by atoms with Gasteiger partial charge in [0.1, 0.15) is 5.75 Å². The van der Waals surface area contributed by atoms with Gasteiger partial charge in [0.05, 0.1) is 7.11 Å². The van der Waals surface area contributed by atoms with E-state index in [4.69, 9.17) is 4.74 Å². The van der Waals surface area contributed by atoms with Gasteiger partial charge in [-0.3, -0.25) is 0 Å². The minimum Gasteiger partial charge on any atom is -0.497 e. The van der Waals surface area contributed by atoms with Gasteiger partial charge in [0, 0.05) is 11.2 Å². The minimum atomic E-state index is -0.198. The van der Waals surface area contributed by atoms with E-state index in [0.717, 1.165) is 17.9 Å². The van der Waals surface area contributed by atoms with Crippen LogP contribution in [0.15, 0.2) is 24.3 Å². The van der Waals surface area contributed by atoms with Gasteiger partial charge >= 0.3 is 6.03 Å². The predicted molar refractivity (Wildman–Crippen MR) is 69.5 cm³/mol. The molecule has 17 heavy (non-hydrogen) atoms. The number of benzene rings is 1. The summed E-state index contributed by atoms with van der Waals surface area (Å²) < 4.78 is 5.04. The normalized spacial score (nSPS) is 10.8. The van der Waals surface area contributed by atoms with Gasteiger partial charge in [0.2, 0.25) is 0 Å². The summed E-state index contributed by atoms with van der Waals surface area (Å²) in [6.45, 7) is 6.01. The van der Waals surface area contributed by atoms with E-state index in [1.165, 1.54) is 0 Å². The summed E-state index contributed by atoms with van der Waals surface area (Å²) in [5.74, 6) is 0.768. The number of methoxy groups -OCH3 is 1. The van der Waals surface area contributed by atoms with Crippen LogP contribution in [0.25, 0.3) is 0 Å². The third-order valence-corrected chi connectivity index (χ3v) is 2.68. The second-order valence-electron chi connectivity index (χ2n) is 4.55. The Morgan fingerprint density at radius 2 is 1.88 bits per heavy atom. The highest BCUT2D eigenvalue weighted by Gasteiger charge is 2.17. The summed E-state index contributed by atoms with van der Waals surface area (Å²) >= 11 is 0. The summed E-state index contributed by atoms with van der Waals surface area (Å²) in [7, 11) is 1.61. The Labute approximate surface area is 102 Å². The average molecular weight is 236 g/mol. The monoisotopic (exact) mass is 236 g/mol. The molecule has 0 atom stereocenters. The van der Waals surface area contributed by atoms with Gasteiger partial charge in [-0.25, -0.2) is 4.79 Å². The lowest BCUT2D eigenvalue weighted by molar-refractivity contribution is 0.240. The fraction of sp³-hybridized carbons (Fsp3) is 0.462. The highest BCUT2D eigenvalue weighted by Crippen LogP contribution is 2.15. The summed E-state index contributed by atoms with van der Waals surface area (Å²) in [5.41, 5.74) is 0.548. The lowest BCUT2D eigenvalue weighted by Crippen LogP contribution is -2.45. The van der Waals surface area contributed by atoms with Crippen molar-refractivity contribution < 1.29 is 9.53 Å². The van der Waals surface area contributed by atoms with E-state index in [9.17, 15) is 4.79 Å². The number of hydrogen-bond acceptors (Lipinski definition) is 2. The standard InChI is InChI=1S/C13H20N2O2/c1-5-13(2,3)15-12(16)14-10-6-8-11(17-4)9-7-10/h6-9H,5H2,1-4H3,(H2,14,15,16). The molecule has 1 rings (SSSR count). The van der Waals surface area contributed by atoms with Crippen LogP contribution in [0.4, 0.5) is 10.5 Å². The molecule has 0 fully saturated rings. The van der Waals surface area contributed by atoms with Crippen LogP contribution in [-0.2, 0) is 0 Å². The Balaban J connectivity index is 2.56. The maximum atomic E-state index is 11.7. The number of ether oxygens (including phenoxy) is 1. The largest absolute Gasteiger partial charge is 0.497 e. The molecular formula is C13H20N2O2. The second kappa shape index (κ2) is 5.57. The second-order valence-corrected chi connectivity index (χ2v) is 4.55. The lowest BCUT2D eigenvalue weighted by Gasteiger charge is -2.24. The summed E-state index contributed by atoms with van der Waals surface area (Å²) in [4.78, 5) is 11.7. The van der Waals surface area contributed by atoms with Gasteiger partial charge in [-0.1, -0.05) is 6.92 Å². The first-order valence-electron chi connectivity index (χ1n) is 5.70. The number of rotatable bonds is 4. The topological polar surface area (TPSA) is 50.4 Å². The van der Waals surface area contributed by atoms with Gasteiger partial charge in [-0.05, 0) is 44.5 Å². The van der Waals surface area contributed by atoms with E-state index in [-0.39, 0.29) is 11.6 Å². The fourth-order valence-corrected chi connectivity index (χ4v) is 1.23. The highest BCUT2D eigenvalue weighted by molar-refractivity contribution is 5.89. The van der Waals surface area contributed by atoms with Crippen molar-refractivity contribution in [3.8, 4) is 5.75 Å². The Kier molecular flexibility index (Phi) is 4.37. The van der Waals surface area contributed by atoms with E-state index in [1.807, 2.05) is 20.8 Å². The Morgan fingerprint density at radius 1 is 1.29 bits per heavy atom. The third-order valence-electron chi connectivity index (χ3n) is 2.68. The third kappa shape index (κ3) is 4.34. The molecular weight excluding hydrogens is 216 g/mol. The van der Waals surface area contributed by atoms with Crippen LogP contribution in [0.5, 0.6) is 5.75 Å². The van der Waals surface area contributed by atoms with Crippen LogP contribution in [0.2, 0.25) is 0 Å². The zero-order valence-electron chi connectivity index (χ0n) is 10.8. The van der Waals surface area contributed by atoms with Crippen molar-refractivity contribution in [2.75, 3.05) is 12.4 Å². The number of carbonyl (C=O) groups excluding carboxylic acids is 1. The van der Waals surface area contributed by atoms with Crippen molar-refractivity contribution in [1.29, 1.82) is 0 Å². The molecule has 0 aliphatic rings. The minimum absolute atomic E-state index is 0.193. The van der Waals surface area contributed by atoms with Gasteiger partial charge in [0.15, 0.2) is 0 Å². The molecule has 4 nitrogen and oxygen atoms in total. The predicted octanol–water partition coefficient (Wildman–Crippen LogP) is 3.01. The quantitative estimate of drug-likeness (QED) is 0.844. The SMILES string of the molecule is CCC(C)(C)NC(=O)Nc1ccc(OC)cc1. The van der Waals surface area contributed by atoms with Crippen LogP contribution in [0.1, 0.15) is 27.2 Å². The molecule has 2 amide bonds. The van der Waals surface area contributed by atoms with E-state index in [1.54, 1.807) is 31.4 Å². The van der Waals surface area contributed by atoms with E-state index >= 15 is 0 Å².